The molecule has 1 aliphatic heterocycles. The maximum atomic E-state index is 3.54. The molecule has 0 bridgehead atoms. The van der Waals surface area contributed by atoms with Gasteiger partial charge in [-0.3, -0.25) is 0 Å². The lowest BCUT2D eigenvalue weighted by molar-refractivity contribution is 0.317. The van der Waals surface area contributed by atoms with Crippen LogP contribution in [0.3, 0.4) is 0 Å². The molecule has 1 unspecified atom stereocenters. The molecule has 0 spiro atoms. The van der Waals surface area contributed by atoms with Crippen molar-refractivity contribution in [2.45, 2.75) is 52.0 Å². The fourth-order valence-corrected chi connectivity index (χ4v) is 2.31. The minimum atomic E-state index is 0.752. The van der Waals surface area contributed by atoms with Gasteiger partial charge in [0, 0.05) is 6.04 Å². The van der Waals surface area contributed by atoms with Gasteiger partial charge in [0.25, 0.3) is 0 Å². The highest BCUT2D eigenvalue weighted by Crippen LogP contribution is 2.09. The van der Waals surface area contributed by atoms with Gasteiger partial charge in [-0.15, -0.1) is 0 Å². The van der Waals surface area contributed by atoms with Crippen molar-refractivity contribution >= 4 is 0 Å². The van der Waals surface area contributed by atoms with Crippen LogP contribution in [0.2, 0.25) is 0 Å². The van der Waals surface area contributed by atoms with Gasteiger partial charge in [-0.1, -0.05) is 13.8 Å². The highest BCUT2D eigenvalue weighted by molar-refractivity contribution is 4.69. The Morgan fingerprint density at radius 3 is 2.50 bits per heavy atom. The Bertz CT molecular complexity index is 130. The minimum Gasteiger partial charge on any atom is -0.314 e. The van der Waals surface area contributed by atoms with E-state index in [9.17, 15) is 0 Å². The summed E-state index contributed by atoms with van der Waals surface area (Å²) < 4.78 is 0. The monoisotopic (exact) mass is 198 g/mol. The molecule has 0 aromatic carbocycles. The zero-order chi connectivity index (χ0) is 10.2. The Morgan fingerprint density at radius 2 is 1.93 bits per heavy atom. The molecule has 0 saturated carbocycles. The molecular formula is C12H26N2. The lowest BCUT2D eigenvalue weighted by Crippen LogP contribution is -2.29. The maximum absolute atomic E-state index is 3.54. The van der Waals surface area contributed by atoms with Crippen molar-refractivity contribution in [2.24, 2.45) is 0 Å². The molecule has 0 aromatic rings. The molecule has 1 fully saturated rings. The summed E-state index contributed by atoms with van der Waals surface area (Å²) in [6.45, 7) is 9.60. The van der Waals surface area contributed by atoms with Crippen LogP contribution >= 0.6 is 0 Å². The third kappa shape index (κ3) is 4.43. The second kappa shape index (κ2) is 7.24. The first kappa shape index (κ1) is 12.0. The number of nitrogens with one attached hydrogen (secondary N) is 1. The summed E-state index contributed by atoms with van der Waals surface area (Å²) in [4.78, 5) is 2.61. The average molecular weight is 198 g/mol. The van der Waals surface area contributed by atoms with Gasteiger partial charge in [0.1, 0.15) is 0 Å². The lowest BCUT2D eigenvalue weighted by Gasteiger charge is -2.18. The molecule has 1 heterocycles. The molecule has 1 saturated heterocycles. The van der Waals surface area contributed by atoms with Crippen molar-refractivity contribution in [1.82, 2.24) is 10.2 Å². The van der Waals surface area contributed by atoms with E-state index >= 15 is 0 Å². The summed E-state index contributed by atoms with van der Waals surface area (Å²) in [5, 5.41) is 3.54. The van der Waals surface area contributed by atoms with E-state index in [1.807, 2.05) is 0 Å². The molecule has 0 aromatic heterocycles. The largest absolute Gasteiger partial charge is 0.314 e. The Hall–Kier alpha value is -0.0800. The number of rotatable bonds is 7. The first-order chi connectivity index (χ1) is 6.86. The molecule has 0 aliphatic carbocycles. The van der Waals surface area contributed by atoms with Crippen molar-refractivity contribution in [3.8, 4) is 0 Å². The lowest BCUT2D eigenvalue weighted by atomic mass is 10.1. The molecule has 1 rings (SSSR count). The third-order valence-corrected chi connectivity index (χ3v) is 3.21. The van der Waals surface area contributed by atoms with E-state index in [1.165, 1.54) is 51.7 Å². The predicted molar refractivity (Wildman–Crippen MR) is 62.7 cm³/mol. The molecule has 0 radical (unpaired) electrons. The summed E-state index contributed by atoms with van der Waals surface area (Å²) in [7, 11) is 0. The fourth-order valence-electron chi connectivity index (χ4n) is 2.31. The van der Waals surface area contributed by atoms with Crippen LogP contribution in [-0.2, 0) is 0 Å². The Labute approximate surface area is 89.1 Å². The van der Waals surface area contributed by atoms with Gasteiger partial charge >= 0.3 is 0 Å². The van der Waals surface area contributed by atoms with Crippen LogP contribution in [0.1, 0.15) is 46.0 Å². The summed E-state index contributed by atoms with van der Waals surface area (Å²) in [5.74, 6) is 0. The van der Waals surface area contributed by atoms with Crippen molar-refractivity contribution in [1.29, 1.82) is 0 Å². The van der Waals surface area contributed by atoms with Crippen molar-refractivity contribution in [3.05, 3.63) is 0 Å². The van der Waals surface area contributed by atoms with E-state index in [-0.39, 0.29) is 0 Å². The quantitative estimate of drug-likeness (QED) is 0.675. The third-order valence-electron chi connectivity index (χ3n) is 3.21. The van der Waals surface area contributed by atoms with Gasteiger partial charge < -0.3 is 10.2 Å². The van der Waals surface area contributed by atoms with E-state index in [0.717, 1.165) is 12.6 Å². The first-order valence-corrected chi connectivity index (χ1v) is 6.32. The number of hydrogen-bond acceptors (Lipinski definition) is 2. The van der Waals surface area contributed by atoms with Gasteiger partial charge in [0.05, 0.1) is 0 Å². The SMILES string of the molecule is CCNC(CC)CCCN1CCCC1. The number of hydrogen-bond donors (Lipinski definition) is 1. The van der Waals surface area contributed by atoms with Crippen molar-refractivity contribution in [3.63, 3.8) is 0 Å². The van der Waals surface area contributed by atoms with Gasteiger partial charge in [0.2, 0.25) is 0 Å². The van der Waals surface area contributed by atoms with Crippen LogP contribution in [0.4, 0.5) is 0 Å². The van der Waals surface area contributed by atoms with Gasteiger partial charge in [-0.2, -0.15) is 0 Å². The first-order valence-electron chi connectivity index (χ1n) is 6.32. The standard InChI is InChI=1S/C12H26N2/c1-3-12(13-4-2)8-7-11-14-9-5-6-10-14/h12-13H,3-11H2,1-2H3. The molecule has 1 aliphatic rings. The molecule has 14 heavy (non-hydrogen) atoms. The summed E-state index contributed by atoms with van der Waals surface area (Å²) in [6, 6.07) is 0.752. The Kier molecular flexibility index (Phi) is 6.20. The van der Waals surface area contributed by atoms with Crippen LogP contribution in [0.5, 0.6) is 0 Å². The molecule has 1 atom stereocenters. The summed E-state index contributed by atoms with van der Waals surface area (Å²) in [5.41, 5.74) is 0. The van der Waals surface area contributed by atoms with Crippen LogP contribution in [0.15, 0.2) is 0 Å². The van der Waals surface area contributed by atoms with Crippen LogP contribution in [0, 0.1) is 0 Å². The smallest absolute Gasteiger partial charge is 0.00647 e. The topological polar surface area (TPSA) is 15.3 Å². The number of nitrogens with zero attached hydrogens (tertiary/aromatic N) is 1. The summed E-state index contributed by atoms with van der Waals surface area (Å²) >= 11 is 0. The van der Waals surface area contributed by atoms with E-state index in [4.69, 9.17) is 0 Å². The van der Waals surface area contributed by atoms with Crippen molar-refractivity contribution < 1.29 is 0 Å². The van der Waals surface area contributed by atoms with Crippen LogP contribution in [-0.4, -0.2) is 37.1 Å². The molecular weight excluding hydrogens is 172 g/mol. The highest BCUT2D eigenvalue weighted by Gasteiger charge is 2.11. The Morgan fingerprint density at radius 1 is 1.21 bits per heavy atom. The zero-order valence-corrected chi connectivity index (χ0v) is 9.89. The van der Waals surface area contributed by atoms with E-state index in [0.29, 0.717) is 0 Å². The highest BCUT2D eigenvalue weighted by atomic mass is 15.1. The van der Waals surface area contributed by atoms with E-state index in [2.05, 4.69) is 24.1 Å². The maximum Gasteiger partial charge on any atom is 0.00647 e. The van der Waals surface area contributed by atoms with Crippen LogP contribution in [0.25, 0.3) is 0 Å². The van der Waals surface area contributed by atoms with Crippen molar-refractivity contribution in [2.75, 3.05) is 26.2 Å². The van der Waals surface area contributed by atoms with E-state index < -0.39 is 0 Å². The molecule has 84 valence electrons. The number of likely N-dealkylation sites (tertiary alicyclic amines) is 1. The van der Waals surface area contributed by atoms with Gasteiger partial charge in [-0.25, -0.2) is 0 Å². The van der Waals surface area contributed by atoms with E-state index in [1.54, 1.807) is 0 Å². The fraction of sp³-hybridized carbons (Fsp3) is 1.00. The van der Waals surface area contributed by atoms with Crippen LogP contribution < -0.4 is 5.32 Å². The molecule has 2 nitrogen and oxygen atoms in total. The second-order valence-electron chi connectivity index (χ2n) is 4.35. The normalized spacial score (nSPS) is 20.1. The predicted octanol–water partition coefficient (Wildman–Crippen LogP) is 2.25. The minimum absolute atomic E-state index is 0.752. The molecule has 0 amide bonds. The molecule has 1 N–H and O–H groups in total. The second-order valence-corrected chi connectivity index (χ2v) is 4.35. The van der Waals surface area contributed by atoms with Gasteiger partial charge in [0.15, 0.2) is 0 Å². The average Bonchev–Trinajstić information content (AvgIpc) is 2.69. The van der Waals surface area contributed by atoms with Gasteiger partial charge in [-0.05, 0) is 58.3 Å². The summed E-state index contributed by atoms with van der Waals surface area (Å²) in [6.07, 6.45) is 6.83. The Balaban J connectivity index is 2.00. The molecule has 2 heteroatoms. The zero-order valence-electron chi connectivity index (χ0n) is 9.89.